The molecule has 0 aliphatic rings. The highest BCUT2D eigenvalue weighted by Crippen LogP contribution is 2.13. The molecule has 4 nitrogen and oxygen atoms in total. The number of hydrogen-bond donors (Lipinski definition) is 0. The molecule has 4 heteroatoms. The van der Waals surface area contributed by atoms with Crippen LogP contribution in [0.3, 0.4) is 0 Å². The Balaban J connectivity index is 2.22. The summed E-state index contributed by atoms with van der Waals surface area (Å²) in [6, 6.07) is 12.9. The van der Waals surface area contributed by atoms with Gasteiger partial charge in [0.2, 0.25) is 0 Å². The number of fused-ring (bicyclic) bond motifs is 1. The molecule has 0 bridgehead atoms. The van der Waals surface area contributed by atoms with Gasteiger partial charge in [0.1, 0.15) is 0 Å². The lowest BCUT2D eigenvalue weighted by Crippen LogP contribution is -1.96. The Morgan fingerprint density at radius 2 is 1.94 bits per heavy atom. The van der Waals surface area contributed by atoms with Gasteiger partial charge < -0.3 is 4.52 Å². The van der Waals surface area contributed by atoms with Crippen molar-refractivity contribution in [2.45, 2.75) is 0 Å². The number of rotatable bonds is 1. The van der Waals surface area contributed by atoms with Crippen molar-refractivity contribution in [2.75, 3.05) is 0 Å². The van der Waals surface area contributed by atoms with Gasteiger partial charge in [-0.15, -0.1) is 0 Å². The predicted octanol–water partition coefficient (Wildman–Crippen LogP) is 1.98. The Bertz CT molecular complexity index is 697. The number of para-hydroxylation sites is 1. The molecule has 16 heavy (non-hydrogen) atoms. The van der Waals surface area contributed by atoms with Gasteiger partial charge in [0.05, 0.1) is 11.7 Å². The highest BCUT2D eigenvalue weighted by molar-refractivity contribution is 5.79. The molecule has 78 valence electrons. The third-order valence-corrected chi connectivity index (χ3v) is 2.34. The highest BCUT2D eigenvalue weighted by atomic mass is 16.5. The molecule has 0 N–H and O–H groups in total. The number of nitrogens with zero attached hydrogens (tertiary/aromatic N) is 2. The van der Waals surface area contributed by atoms with Gasteiger partial charge in [-0.05, 0) is 18.2 Å². The van der Waals surface area contributed by atoms with Gasteiger partial charge in [0.15, 0.2) is 5.82 Å². The minimum Gasteiger partial charge on any atom is -0.330 e. The topological polar surface area (TPSA) is 48.0 Å². The second kappa shape index (κ2) is 3.34. The fourth-order valence-corrected chi connectivity index (χ4v) is 1.59. The van der Waals surface area contributed by atoms with Crippen molar-refractivity contribution in [3.63, 3.8) is 0 Å². The summed E-state index contributed by atoms with van der Waals surface area (Å²) in [5.41, 5.74) is 0.492. The average Bonchev–Trinajstić information content (AvgIpc) is 2.75. The minimum absolute atomic E-state index is 0.380. The lowest BCUT2D eigenvalue weighted by Gasteiger charge is -2.01. The van der Waals surface area contributed by atoms with Crippen molar-refractivity contribution in [1.29, 1.82) is 0 Å². The Labute approximate surface area is 90.7 Å². The Morgan fingerprint density at radius 1 is 1.06 bits per heavy atom. The standard InChI is InChI=1S/C12H8N2O2/c15-12-7-8-14(16-12)11-6-5-9-3-1-2-4-10(9)13-11/h1-8H. The number of benzene rings is 1. The van der Waals surface area contributed by atoms with Gasteiger partial charge in [0, 0.05) is 11.5 Å². The summed E-state index contributed by atoms with van der Waals surface area (Å²) in [6.45, 7) is 0. The van der Waals surface area contributed by atoms with E-state index in [1.165, 1.54) is 10.8 Å². The van der Waals surface area contributed by atoms with E-state index in [1.807, 2.05) is 36.4 Å². The van der Waals surface area contributed by atoms with Crippen LogP contribution in [0.2, 0.25) is 0 Å². The zero-order valence-corrected chi connectivity index (χ0v) is 8.33. The first-order chi connectivity index (χ1) is 7.83. The fourth-order valence-electron chi connectivity index (χ4n) is 1.59. The summed E-state index contributed by atoms with van der Waals surface area (Å²) >= 11 is 0. The van der Waals surface area contributed by atoms with Gasteiger partial charge >= 0.3 is 5.63 Å². The largest absolute Gasteiger partial charge is 0.358 e. The van der Waals surface area contributed by atoms with Gasteiger partial charge in [-0.3, -0.25) is 0 Å². The highest BCUT2D eigenvalue weighted by Gasteiger charge is 2.01. The maximum absolute atomic E-state index is 10.9. The van der Waals surface area contributed by atoms with Gasteiger partial charge in [-0.1, -0.05) is 18.2 Å². The molecule has 0 saturated carbocycles. The van der Waals surface area contributed by atoms with Crippen molar-refractivity contribution in [2.24, 2.45) is 0 Å². The Kier molecular flexibility index (Phi) is 1.86. The maximum Gasteiger partial charge on any atom is 0.358 e. The van der Waals surface area contributed by atoms with Crippen LogP contribution in [0.4, 0.5) is 0 Å². The SMILES string of the molecule is O=c1ccn(-c2ccc3ccccc3n2)o1. The number of aromatic nitrogens is 2. The van der Waals surface area contributed by atoms with Gasteiger partial charge in [-0.25, -0.2) is 9.78 Å². The molecular formula is C12H8N2O2. The van der Waals surface area contributed by atoms with E-state index in [1.54, 1.807) is 6.20 Å². The third kappa shape index (κ3) is 1.40. The van der Waals surface area contributed by atoms with Crippen LogP contribution in [-0.4, -0.2) is 9.72 Å². The summed E-state index contributed by atoms with van der Waals surface area (Å²) in [7, 11) is 0. The molecule has 0 aliphatic heterocycles. The molecule has 3 rings (SSSR count). The molecule has 0 fully saturated rings. The quantitative estimate of drug-likeness (QED) is 0.619. The van der Waals surface area contributed by atoms with E-state index in [4.69, 9.17) is 4.52 Å². The van der Waals surface area contributed by atoms with Crippen molar-refractivity contribution >= 4 is 10.9 Å². The molecule has 0 spiro atoms. The van der Waals surface area contributed by atoms with Gasteiger partial charge in [-0.2, -0.15) is 4.74 Å². The first kappa shape index (κ1) is 8.91. The summed E-state index contributed by atoms with van der Waals surface area (Å²) in [4.78, 5) is 15.3. The van der Waals surface area contributed by atoms with Crippen LogP contribution in [-0.2, 0) is 0 Å². The summed E-state index contributed by atoms with van der Waals surface area (Å²) in [5, 5.41) is 1.06. The first-order valence-electron chi connectivity index (χ1n) is 4.88. The van der Waals surface area contributed by atoms with Crippen LogP contribution in [0.25, 0.3) is 16.7 Å². The van der Waals surface area contributed by atoms with Crippen LogP contribution in [0, 0.1) is 0 Å². The number of pyridine rings is 1. The smallest absolute Gasteiger partial charge is 0.330 e. The molecule has 0 unspecified atom stereocenters. The van der Waals surface area contributed by atoms with E-state index in [-0.39, 0.29) is 5.63 Å². The summed E-state index contributed by atoms with van der Waals surface area (Å²) < 4.78 is 6.27. The molecule has 0 amide bonds. The van der Waals surface area contributed by atoms with Gasteiger partial charge in [0.25, 0.3) is 0 Å². The molecule has 0 atom stereocenters. The second-order valence-electron chi connectivity index (χ2n) is 3.41. The van der Waals surface area contributed by atoms with E-state index in [2.05, 4.69) is 4.98 Å². The van der Waals surface area contributed by atoms with Crippen LogP contribution in [0.15, 0.2) is 58.0 Å². The van der Waals surface area contributed by atoms with Crippen LogP contribution >= 0.6 is 0 Å². The van der Waals surface area contributed by atoms with E-state index in [9.17, 15) is 4.79 Å². The van der Waals surface area contributed by atoms with E-state index >= 15 is 0 Å². The third-order valence-electron chi connectivity index (χ3n) is 2.34. The van der Waals surface area contributed by atoms with Crippen LogP contribution in [0.1, 0.15) is 0 Å². The van der Waals surface area contributed by atoms with Crippen molar-refractivity contribution in [3.8, 4) is 5.82 Å². The second-order valence-corrected chi connectivity index (χ2v) is 3.41. The Morgan fingerprint density at radius 3 is 2.75 bits per heavy atom. The van der Waals surface area contributed by atoms with Crippen LogP contribution in [0.5, 0.6) is 0 Å². The number of hydrogen-bond acceptors (Lipinski definition) is 3. The minimum atomic E-state index is -0.380. The molecule has 0 aliphatic carbocycles. The molecule has 0 radical (unpaired) electrons. The molecule has 2 heterocycles. The molecular weight excluding hydrogens is 204 g/mol. The predicted molar refractivity (Wildman–Crippen MR) is 59.6 cm³/mol. The molecule has 1 aromatic carbocycles. The zero-order valence-electron chi connectivity index (χ0n) is 8.33. The molecule has 0 saturated heterocycles. The maximum atomic E-state index is 10.9. The summed E-state index contributed by atoms with van der Waals surface area (Å²) in [6.07, 6.45) is 1.56. The van der Waals surface area contributed by atoms with E-state index in [0.717, 1.165) is 10.9 Å². The average molecular weight is 212 g/mol. The lowest BCUT2D eigenvalue weighted by molar-refractivity contribution is 0.319. The fraction of sp³-hybridized carbons (Fsp3) is 0. The first-order valence-corrected chi connectivity index (χ1v) is 4.88. The molecule has 2 aromatic heterocycles. The normalized spacial score (nSPS) is 10.8. The molecule has 3 aromatic rings. The summed E-state index contributed by atoms with van der Waals surface area (Å²) in [5.74, 6) is 0.598. The van der Waals surface area contributed by atoms with E-state index in [0.29, 0.717) is 5.82 Å². The lowest BCUT2D eigenvalue weighted by atomic mass is 10.2. The van der Waals surface area contributed by atoms with Crippen LogP contribution < -0.4 is 5.63 Å². The van der Waals surface area contributed by atoms with Crippen molar-refractivity contribution in [3.05, 3.63) is 59.1 Å². The monoisotopic (exact) mass is 212 g/mol. The van der Waals surface area contributed by atoms with E-state index < -0.39 is 0 Å². The zero-order chi connectivity index (χ0) is 11.0. The van der Waals surface area contributed by atoms with Crippen molar-refractivity contribution < 1.29 is 4.52 Å². The van der Waals surface area contributed by atoms with Crippen molar-refractivity contribution in [1.82, 2.24) is 9.72 Å². The Hall–Kier alpha value is -2.36.